The van der Waals surface area contributed by atoms with Crippen molar-refractivity contribution in [2.75, 3.05) is 18.5 Å². The molecule has 4 rings (SSSR count). The van der Waals surface area contributed by atoms with E-state index in [1.807, 2.05) is 0 Å². The molecular weight excluding hydrogens is 422 g/mol. The summed E-state index contributed by atoms with van der Waals surface area (Å²) in [5.74, 6) is -2.98. The van der Waals surface area contributed by atoms with E-state index >= 15 is 0 Å². The number of benzene rings is 1. The van der Waals surface area contributed by atoms with Crippen molar-refractivity contribution in [3.8, 4) is 11.5 Å². The van der Waals surface area contributed by atoms with Gasteiger partial charge in [0.25, 0.3) is 5.91 Å². The fraction of sp³-hybridized carbons (Fsp3) is 0.286. The van der Waals surface area contributed by atoms with E-state index in [1.54, 1.807) is 25.2 Å². The standard InChI is InChI=1S/C21H20F2N6O3/c1-28(11-21(6-7-21)20(31)32)19-14(23)9-25-18(26-19)15-8-16(17(24)30)29(27-15)10-12-4-2-3-5-13(12)22/h2-5,8-9H,6-7,10-11H2,1H3,(H2,24,30)(H,31,32). The molecular formula is C21H20F2N6O3. The van der Waals surface area contributed by atoms with Gasteiger partial charge in [0.1, 0.15) is 17.2 Å². The summed E-state index contributed by atoms with van der Waals surface area (Å²) < 4.78 is 29.7. The molecule has 3 N–H and O–H groups in total. The van der Waals surface area contributed by atoms with Gasteiger partial charge in [-0.25, -0.2) is 18.7 Å². The first-order valence-electron chi connectivity index (χ1n) is 9.79. The van der Waals surface area contributed by atoms with Crippen LogP contribution in [-0.4, -0.2) is 50.3 Å². The van der Waals surface area contributed by atoms with Crippen LogP contribution in [-0.2, 0) is 11.3 Å². The predicted molar refractivity (Wildman–Crippen MR) is 110 cm³/mol. The molecule has 1 fully saturated rings. The second-order valence-corrected chi connectivity index (χ2v) is 7.83. The van der Waals surface area contributed by atoms with Gasteiger partial charge in [-0.15, -0.1) is 0 Å². The van der Waals surface area contributed by atoms with E-state index in [2.05, 4.69) is 15.1 Å². The zero-order valence-electron chi connectivity index (χ0n) is 17.1. The number of halogens is 2. The lowest BCUT2D eigenvalue weighted by atomic mass is 10.1. The summed E-state index contributed by atoms with van der Waals surface area (Å²) >= 11 is 0. The van der Waals surface area contributed by atoms with Crippen molar-refractivity contribution in [2.45, 2.75) is 19.4 Å². The van der Waals surface area contributed by atoms with Crippen LogP contribution in [0.5, 0.6) is 0 Å². The SMILES string of the molecule is CN(CC1(C(=O)O)CC1)c1nc(-c2cc(C(N)=O)n(Cc3ccccc3F)n2)ncc1F. The third-order valence-corrected chi connectivity index (χ3v) is 5.47. The Hall–Kier alpha value is -3.89. The number of hydrogen-bond acceptors (Lipinski definition) is 6. The summed E-state index contributed by atoms with van der Waals surface area (Å²) in [6, 6.07) is 7.39. The second-order valence-electron chi connectivity index (χ2n) is 7.83. The highest BCUT2D eigenvalue weighted by Gasteiger charge is 2.51. The monoisotopic (exact) mass is 442 g/mol. The van der Waals surface area contributed by atoms with Gasteiger partial charge in [-0.05, 0) is 18.9 Å². The minimum absolute atomic E-state index is 0.00823. The van der Waals surface area contributed by atoms with E-state index in [0.717, 1.165) is 6.20 Å². The van der Waals surface area contributed by atoms with Crippen LogP contribution in [0.1, 0.15) is 28.9 Å². The Labute approximate surface area is 181 Å². The summed E-state index contributed by atoms with van der Waals surface area (Å²) in [6.45, 7) is 0.0317. The normalized spacial score (nSPS) is 14.2. The summed E-state index contributed by atoms with van der Waals surface area (Å²) in [7, 11) is 1.55. The third kappa shape index (κ3) is 4.01. The van der Waals surface area contributed by atoms with Gasteiger partial charge in [-0.1, -0.05) is 18.2 Å². The van der Waals surface area contributed by atoms with Gasteiger partial charge in [-0.3, -0.25) is 14.3 Å². The van der Waals surface area contributed by atoms with E-state index in [1.165, 1.54) is 21.7 Å². The van der Waals surface area contributed by atoms with Crippen LogP contribution in [0.2, 0.25) is 0 Å². The van der Waals surface area contributed by atoms with Crippen LogP contribution in [0.25, 0.3) is 11.5 Å². The highest BCUT2D eigenvalue weighted by Crippen LogP contribution is 2.46. The van der Waals surface area contributed by atoms with Crippen molar-refractivity contribution in [1.29, 1.82) is 0 Å². The smallest absolute Gasteiger partial charge is 0.311 e. The van der Waals surface area contributed by atoms with Crippen molar-refractivity contribution in [2.24, 2.45) is 11.1 Å². The average molecular weight is 442 g/mol. The van der Waals surface area contributed by atoms with Gasteiger partial charge in [0.05, 0.1) is 18.2 Å². The molecule has 0 radical (unpaired) electrons. The number of amides is 1. The first-order chi connectivity index (χ1) is 15.2. The average Bonchev–Trinajstić information content (AvgIpc) is 3.41. The molecule has 0 saturated heterocycles. The molecule has 3 aromatic rings. The molecule has 2 heterocycles. The van der Waals surface area contributed by atoms with Gasteiger partial charge in [0.15, 0.2) is 17.5 Å². The van der Waals surface area contributed by atoms with Crippen LogP contribution in [0.4, 0.5) is 14.6 Å². The molecule has 166 valence electrons. The molecule has 1 aromatic carbocycles. The molecule has 1 aliphatic rings. The maximum Gasteiger partial charge on any atom is 0.311 e. The molecule has 0 aliphatic heterocycles. The predicted octanol–water partition coefficient (Wildman–Crippen LogP) is 2.07. The van der Waals surface area contributed by atoms with Crippen LogP contribution >= 0.6 is 0 Å². The van der Waals surface area contributed by atoms with Gasteiger partial charge < -0.3 is 15.7 Å². The summed E-state index contributed by atoms with van der Waals surface area (Å²) in [5.41, 5.74) is 4.99. The highest BCUT2D eigenvalue weighted by molar-refractivity contribution is 5.92. The number of nitrogens with two attached hydrogens (primary N) is 1. The lowest BCUT2D eigenvalue weighted by Gasteiger charge is -2.22. The topological polar surface area (TPSA) is 127 Å². The first-order valence-corrected chi connectivity index (χ1v) is 9.79. The van der Waals surface area contributed by atoms with E-state index < -0.39 is 28.9 Å². The summed E-state index contributed by atoms with van der Waals surface area (Å²) in [5, 5.41) is 13.7. The Morgan fingerprint density at radius 3 is 2.59 bits per heavy atom. The Balaban J connectivity index is 1.66. The number of carboxylic acids is 1. The number of carbonyl (C=O) groups excluding carboxylic acids is 1. The van der Waals surface area contributed by atoms with Gasteiger partial charge in [0.2, 0.25) is 0 Å². The third-order valence-electron chi connectivity index (χ3n) is 5.47. The van der Waals surface area contributed by atoms with Crippen molar-refractivity contribution >= 4 is 17.7 Å². The number of nitrogens with zero attached hydrogens (tertiary/aromatic N) is 5. The number of rotatable bonds is 8. The second kappa shape index (κ2) is 7.98. The highest BCUT2D eigenvalue weighted by atomic mass is 19.1. The largest absolute Gasteiger partial charge is 0.481 e. The lowest BCUT2D eigenvalue weighted by molar-refractivity contribution is -0.142. The van der Waals surface area contributed by atoms with Crippen LogP contribution in [0, 0.1) is 17.0 Å². The number of carboxylic acid groups (broad SMARTS) is 1. The molecule has 9 nitrogen and oxygen atoms in total. The Morgan fingerprint density at radius 1 is 1.25 bits per heavy atom. The molecule has 0 spiro atoms. The van der Waals surface area contributed by atoms with Gasteiger partial charge >= 0.3 is 5.97 Å². The van der Waals surface area contributed by atoms with E-state index in [4.69, 9.17) is 5.73 Å². The quantitative estimate of drug-likeness (QED) is 0.547. The molecule has 0 atom stereocenters. The molecule has 11 heteroatoms. The zero-order chi connectivity index (χ0) is 23.0. The number of aromatic nitrogens is 4. The first kappa shape index (κ1) is 21.3. The molecule has 0 unspecified atom stereocenters. The van der Waals surface area contributed by atoms with E-state index in [0.29, 0.717) is 18.4 Å². The van der Waals surface area contributed by atoms with E-state index in [-0.39, 0.29) is 36.1 Å². The lowest BCUT2D eigenvalue weighted by Crippen LogP contribution is -2.33. The maximum atomic E-state index is 14.4. The van der Waals surface area contributed by atoms with Crippen LogP contribution in [0.3, 0.4) is 0 Å². The number of hydrogen-bond donors (Lipinski definition) is 2. The Bertz CT molecular complexity index is 1210. The van der Waals surface area contributed by atoms with Crippen molar-refractivity contribution < 1.29 is 23.5 Å². The molecule has 0 bridgehead atoms. The van der Waals surface area contributed by atoms with Crippen molar-refractivity contribution in [1.82, 2.24) is 19.7 Å². The molecule has 1 saturated carbocycles. The molecule has 1 aliphatic carbocycles. The molecule has 1 amide bonds. The summed E-state index contributed by atoms with van der Waals surface area (Å²) in [6.07, 6.45) is 1.97. The Morgan fingerprint density at radius 2 is 1.97 bits per heavy atom. The van der Waals surface area contributed by atoms with Crippen molar-refractivity contribution in [3.05, 3.63) is 59.4 Å². The number of primary amides is 1. The minimum atomic E-state index is -0.933. The zero-order valence-corrected chi connectivity index (χ0v) is 17.1. The minimum Gasteiger partial charge on any atom is -0.481 e. The fourth-order valence-corrected chi connectivity index (χ4v) is 3.50. The number of carbonyl (C=O) groups is 2. The van der Waals surface area contributed by atoms with Gasteiger partial charge in [0, 0.05) is 25.2 Å². The number of aliphatic carboxylic acids is 1. The van der Waals surface area contributed by atoms with Crippen LogP contribution in [0.15, 0.2) is 36.5 Å². The van der Waals surface area contributed by atoms with Crippen molar-refractivity contribution in [3.63, 3.8) is 0 Å². The maximum absolute atomic E-state index is 14.4. The fourth-order valence-electron chi connectivity index (χ4n) is 3.50. The summed E-state index contributed by atoms with van der Waals surface area (Å²) in [4.78, 5) is 32.9. The molecule has 2 aromatic heterocycles. The molecule has 32 heavy (non-hydrogen) atoms. The van der Waals surface area contributed by atoms with Crippen LogP contribution < -0.4 is 10.6 Å². The Kier molecular flexibility index (Phi) is 5.33. The van der Waals surface area contributed by atoms with E-state index in [9.17, 15) is 23.5 Å². The number of anilines is 1. The van der Waals surface area contributed by atoms with Gasteiger partial charge in [-0.2, -0.15) is 5.10 Å².